The van der Waals surface area contributed by atoms with E-state index in [9.17, 15) is 4.79 Å². The van der Waals surface area contributed by atoms with Crippen LogP contribution >= 0.6 is 11.3 Å². The van der Waals surface area contributed by atoms with Gasteiger partial charge in [0, 0.05) is 23.3 Å². The molecule has 0 saturated heterocycles. The summed E-state index contributed by atoms with van der Waals surface area (Å²) >= 11 is 1.42. The topological polar surface area (TPSA) is 54.9 Å². The SMILES string of the molecule is Cc1cccc(CC(=O)Nc2nc(-c3ccncc3)cs2)c1. The molecule has 4 nitrogen and oxygen atoms in total. The van der Waals surface area contributed by atoms with Crippen LogP contribution in [0.1, 0.15) is 11.1 Å². The number of carbonyl (C=O) groups excluding carboxylic acids is 1. The van der Waals surface area contributed by atoms with Crippen LogP contribution in [0, 0.1) is 6.92 Å². The maximum absolute atomic E-state index is 12.1. The Balaban J connectivity index is 1.66. The summed E-state index contributed by atoms with van der Waals surface area (Å²) in [6, 6.07) is 11.7. The van der Waals surface area contributed by atoms with E-state index in [1.807, 2.05) is 48.7 Å². The van der Waals surface area contributed by atoms with E-state index in [1.54, 1.807) is 12.4 Å². The summed E-state index contributed by atoms with van der Waals surface area (Å²) in [5, 5.41) is 5.40. The lowest BCUT2D eigenvalue weighted by Crippen LogP contribution is -2.14. The molecule has 2 heterocycles. The molecule has 0 aliphatic rings. The fourth-order valence-corrected chi connectivity index (χ4v) is 2.89. The van der Waals surface area contributed by atoms with Crippen molar-refractivity contribution < 1.29 is 4.79 Å². The van der Waals surface area contributed by atoms with Crippen LogP contribution in [0.15, 0.2) is 54.2 Å². The van der Waals surface area contributed by atoms with Crippen LogP contribution in [0.4, 0.5) is 5.13 Å². The van der Waals surface area contributed by atoms with Gasteiger partial charge in [0.1, 0.15) is 0 Å². The van der Waals surface area contributed by atoms with Crippen LogP contribution < -0.4 is 5.32 Å². The Bertz CT molecular complexity index is 783. The summed E-state index contributed by atoms with van der Waals surface area (Å²) in [5.41, 5.74) is 3.99. The predicted molar refractivity (Wildman–Crippen MR) is 88.9 cm³/mol. The molecular weight excluding hydrogens is 294 g/mol. The second-order valence-corrected chi connectivity index (χ2v) is 5.85. The zero-order valence-electron chi connectivity index (χ0n) is 12.1. The molecule has 0 saturated carbocycles. The van der Waals surface area contributed by atoms with Crippen molar-refractivity contribution in [3.63, 3.8) is 0 Å². The van der Waals surface area contributed by atoms with Gasteiger partial charge < -0.3 is 5.32 Å². The highest BCUT2D eigenvalue weighted by Gasteiger charge is 2.08. The van der Waals surface area contributed by atoms with Crippen molar-refractivity contribution in [3.8, 4) is 11.3 Å². The molecule has 110 valence electrons. The van der Waals surface area contributed by atoms with Gasteiger partial charge in [-0.15, -0.1) is 11.3 Å². The van der Waals surface area contributed by atoms with Crippen LogP contribution in [0.5, 0.6) is 0 Å². The largest absolute Gasteiger partial charge is 0.302 e. The molecule has 0 spiro atoms. The number of amides is 1. The molecule has 0 aliphatic heterocycles. The van der Waals surface area contributed by atoms with Crippen molar-refractivity contribution in [2.75, 3.05) is 5.32 Å². The molecule has 22 heavy (non-hydrogen) atoms. The number of benzene rings is 1. The summed E-state index contributed by atoms with van der Waals surface area (Å²) in [6.45, 7) is 2.02. The molecule has 0 radical (unpaired) electrons. The summed E-state index contributed by atoms with van der Waals surface area (Å²) in [6.07, 6.45) is 3.81. The molecule has 2 aromatic heterocycles. The smallest absolute Gasteiger partial charge is 0.230 e. The molecule has 0 aliphatic carbocycles. The molecular formula is C17H15N3OS. The van der Waals surface area contributed by atoms with Gasteiger partial charge in [0.2, 0.25) is 5.91 Å². The minimum Gasteiger partial charge on any atom is -0.302 e. The van der Waals surface area contributed by atoms with E-state index in [-0.39, 0.29) is 5.91 Å². The first kappa shape index (κ1) is 14.4. The minimum absolute atomic E-state index is 0.0544. The van der Waals surface area contributed by atoms with Crippen molar-refractivity contribution in [1.82, 2.24) is 9.97 Å². The standard InChI is InChI=1S/C17H15N3OS/c1-12-3-2-4-13(9-12)10-16(21)20-17-19-15(11-22-17)14-5-7-18-8-6-14/h2-9,11H,10H2,1H3,(H,19,20,21). The fourth-order valence-electron chi connectivity index (χ4n) is 2.16. The number of rotatable bonds is 4. The number of pyridine rings is 1. The number of nitrogens with zero attached hydrogens (tertiary/aromatic N) is 2. The molecule has 3 rings (SSSR count). The summed E-state index contributed by atoms with van der Waals surface area (Å²) in [5.74, 6) is -0.0544. The molecule has 1 aromatic carbocycles. The Labute approximate surface area is 132 Å². The lowest BCUT2D eigenvalue weighted by Gasteiger charge is -2.03. The van der Waals surface area contributed by atoms with Crippen molar-refractivity contribution in [2.45, 2.75) is 13.3 Å². The van der Waals surface area contributed by atoms with Gasteiger partial charge in [0.05, 0.1) is 12.1 Å². The van der Waals surface area contributed by atoms with E-state index >= 15 is 0 Å². The molecule has 0 unspecified atom stereocenters. The third kappa shape index (κ3) is 3.56. The normalized spacial score (nSPS) is 10.4. The highest BCUT2D eigenvalue weighted by Crippen LogP contribution is 2.24. The molecule has 3 aromatic rings. The van der Waals surface area contributed by atoms with Gasteiger partial charge in [-0.25, -0.2) is 4.98 Å². The van der Waals surface area contributed by atoms with Crippen molar-refractivity contribution in [1.29, 1.82) is 0 Å². The average Bonchev–Trinajstić information content (AvgIpc) is 2.96. The van der Waals surface area contributed by atoms with E-state index in [0.29, 0.717) is 11.6 Å². The second kappa shape index (κ2) is 6.49. The number of carbonyl (C=O) groups is 1. The van der Waals surface area contributed by atoms with Gasteiger partial charge in [-0.05, 0) is 24.6 Å². The van der Waals surface area contributed by atoms with Crippen molar-refractivity contribution >= 4 is 22.4 Å². The van der Waals surface area contributed by atoms with Crippen molar-refractivity contribution in [2.24, 2.45) is 0 Å². The van der Waals surface area contributed by atoms with E-state index in [0.717, 1.165) is 22.4 Å². The van der Waals surface area contributed by atoms with E-state index < -0.39 is 0 Å². The summed E-state index contributed by atoms with van der Waals surface area (Å²) in [4.78, 5) is 20.5. The number of anilines is 1. The third-order valence-electron chi connectivity index (χ3n) is 3.17. The lowest BCUT2D eigenvalue weighted by atomic mass is 10.1. The number of aryl methyl sites for hydroxylation is 1. The van der Waals surface area contributed by atoms with Gasteiger partial charge in [-0.2, -0.15) is 0 Å². The van der Waals surface area contributed by atoms with Gasteiger partial charge in [-0.1, -0.05) is 29.8 Å². The quantitative estimate of drug-likeness (QED) is 0.799. The van der Waals surface area contributed by atoms with E-state index in [1.165, 1.54) is 11.3 Å². The summed E-state index contributed by atoms with van der Waals surface area (Å²) < 4.78 is 0. The first-order valence-corrected chi connectivity index (χ1v) is 7.80. The van der Waals surface area contributed by atoms with Gasteiger partial charge >= 0.3 is 0 Å². The predicted octanol–water partition coefficient (Wildman–Crippen LogP) is 3.69. The molecule has 1 amide bonds. The number of nitrogens with one attached hydrogen (secondary N) is 1. The second-order valence-electron chi connectivity index (χ2n) is 4.99. The zero-order valence-corrected chi connectivity index (χ0v) is 12.9. The molecule has 0 atom stereocenters. The fraction of sp³-hybridized carbons (Fsp3) is 0.118. The molecule has 0 bridgehead atoms. The minimum atomic E-state index is -0.0544. The van der Waals surface area contributed by atoms with Gasteiger partial charge in [0.15, 0.2) is 5.13 Å². The van der Waals surface area contributed by atoms with Crippen LogP contribution in [0.3, 0.4) is 0 Å². The first-order chi connectivity index (χ1) is 10.7. The highest BCUT2D eigenvalue weighted by atomic mass is 32.1. The maximum Gasteiger partial charge on any atom is 0.230 e. The van der Waals surface area contributed by atoms with Gasteiger partial charge in [0.25, 0.3) is 0 Å². The Morgan fingerprint density at radius 3 is 2.82 bits per heavy atom. The molecule has 1 N–H and O–H groups in total. The van der Waals surface area contributed by atoms with E-state index in [4.69, 9.17) is 0 Å². The Hall–Kier alpha value is -2.53. The zero-order chi connectivity index (χ0) is 15.4. The monoisotopic (exact) mass is 309 g/mol. The van der Waals surface area contributed by atoms with Crippen LogP contribution in [-0.2, 0) is 11.2 Å². The van der Waals surface area contributed by atoms with Crippen LogP contribution in [-0.4, -0.2) is 15.9 Å². The number of hydrogen-bond acceptors (Lipinski definition) is 4. The summed E-state index contributed by atoms with van der Waals surface area (Å²) in [7, 11) is 0. The number of aromatic nitrogens is 2. The Morgan fingerprint density at radius 2 is 2.05 bits per heavy atom. The van der Waals surface area contributed by atoms with E-state index in [2.05, 4.69) is 15.3 Å². The highest BCUT2D eigenvalue weighted by molar-refractivity contribution is 7.14. The number of thiazole rings is 1. The van der Waals surface area contributed by atoms with Gasteiger partial charge in [-0.3, -0.25) is 9.78 Å². The third-order valence-corrected chi connectivity index (χ3v) is 3.93. The molecule has 0 fully saturated rings. The Kier molecular flexibility index (Phi) is 4.25. The van der Waals surface area contributed by atoms with Crippen molar-refractivity contribution in [3.05, 3.63) is 65.3 Å². The first-order valence-electron chi connectivity index (χ1n) is 6.92. The van der Waals surface area contributed by atoms with Crippen LogP contribution in [0.2, 0.25) is 0 Å². The Morgan fingerprint density at radius 1 is 1.23 bits per heavy atom. The van der Waals surface area contributed by atoms with Crippen LogP contribution in [0.25, 0.3) is 11.3 Å². The lowest BCUT2D eigenvalue weighted by molar-refractivity contribution is -0.115. The average molecular weight is 309 g/mol. The maximum atomic E-state index is 12.1. The number of hydrogen-bond donors (Lipinski definition) is 1. The molecule has 5 heteroatoms.